The molecule has 0 aliphatic rings. The third kappa shape index (κ3) is 7.65. The van der Waals surface area contributed by atoms with Gasteiger partial charge in [-0.2, -0.15) is 8.78 Å². The SMILES string of the molecule is [N-]=[N+]=NCCC(F)(F)Br. The number of nitrogens with zero attached hydrogens (tertiary/aromatic N) is 3. The Balaban J connectivity index is 3.39. The molecule has 3 nitrogen and oxygen atoms in total. The Bertz CT molecular complexity index is 126. The van der Waals surface area contributed by atoms with E-state index in [2.05, 4.69) is 26.0 Å². The first-order valence-corrected chi connectivity index (χ1v) is 2.93. The smallest absolute Gasteiger partial charge is 0.194 e. The quantitative estimate of drug-likeness (QED) is 0.291. The second kappa shape index (κ2) is 3.63. The van der Waals surface area contributed by atoms with E-state index in [1.807, 2.05) is 0 Å². The van der Waals surface area contributed by atoms with Crippen molar-refractivity contribution >= 4 is 15.9 Å². The maximum atomic E-state index is 11.8. The summed E-state index contributed by atoms with van der Waals surface area (Å²) in [7, 11) is 0. The minimum Gasteiger partial charge on any atom is -0.194 e. The molecule has 0 amide bonds. The number of azide groups is 1. The van der Waals surface area contributed by atoms with Crippen molar-refractivity contribution in [1.29, 1.82) is 0 Å². The minimum atomic E-state index is -2.90. The highest BCUT2D eigenvalue weighted by Crippen LogP contribution is 2.25. The first kappa shape index (κ1) is 8.65. The lowest BCUT2D eigenvalue weighted by Gasteiger charge is -2.02. The van der Waals surface area contributed by atoms with Crippen molar-refractivity contribution in [2.24, 2.45) is 5.11 Å². The fraction of sp³-hybridized carbons (Fsp3) is 1.00. The number of rotatable bonds is 3. The predicted molar refractivity (Wildman–Crippen MR) is 32.5 cm³/mol. The molecular formula is C3H4BrF2N3. The van der Waals surface area contributed by atoms with Crippen molar-refractivity contribution in [1.82, 2.24) is 0 Å². The highest BCUT2D eigenvalue weighted by atomic mass is 79.9. The van der Waals surface area contributed by atoms with Crippen LogP contribution in [0.25, 0.3) is 10.4 Å². The van der Waals surface area contributed by atoms with Crippen molar-refractivity contribution in [3.8, 4) is 0 Å². The number of hydrogen-bond donors (Lipinski definition) is 0. The van der Waals surface area contributed by atoms with Crippen molar-refractivity contribution in [2.45, 2.75) is 11.3 Å². The fourth-order valence-electron chi connectivity index (χ4n) is 0.221. The van der Waals surface area contributed by atoms with E-state index in [1.165, 1.54) is 0 Å². The molecule has 9 heavy (non-hydrogen) atoms. The van der Waals surface area contributed by atoms with Crippen LogP contribution in [0.2, 0.25) is 0 Å². The van der Waals surface area contributed by atoms with Crippen molar-refractivity contribution < 1.29 is 8.78 Å². The molecule has 0 aromatic heterocycles. The molecule has 0 aromatic carbocycles. The van der Waals surface area contributed by atoms with Crippen LogP contribution in [0.3, 0.4) is 0 Å². The van der Waals surface area contributed by atoms with Gasteiger partial charge in [0.1, 0.15) is 0 Å². The third-order valence-electron chi connectivity index (χ3n) is 0.559. The fourth-order valence-corrected chi connectivity index (χ4v) is 0.399. The van der Waals surface area contributed by atoms with Gasteiger partial charge in [-0.25, -0.2) is 0 Å². The van der Waals surface area contributed by atoms with Crippen LogP contribution < -0.4 is 0 Å². The van der Waals surface area contributed by atoms with Gasteiger partial charge < -0.3 is 0 Å². The van der Waals surface area contributed by atoms with Crippen molar-refractivity contribution in [3.05, 3.63) is 10.4 Å². The Labute approximate surface area is 58.8 Å². The molecule has 0 spiro atoms. The van der Waals surface area contributed by atoms with Gasteiger partial charge in [0.25, 0.3) is 0 Å². The first-order valence-electron chi connectivity index (χ1n) is 2.14. The molecule has 0 radical (unpaired) electrons. The van der Waals surface area contributed by atoms with Crippen LogP contribution in [-0.4, -0.2) is 11.4 Å². The molecule has 0 heterocycles. The zero-order chi connectivity index (χ0) is 7.33. The zero-order valence-electron chi connectivity index (χ0n) is 4.39. The normalized spacial score (nSPS) is 10.6. The lowest BCUT2D eigenvalue weighted by molar-refractivity contribution is 0.107. The predicted octanol–water partition coefficient (Wildman–Crippen LogP) is 2.67. The number of hydrogen-bond acceptors (Lipinski definition) is 1. The molecule has 0 aliphatic heterocycles. The van der Waals surface area contributed by atoms with E-state index in [0.717, 1.165) is 0 Å². The summed E-state index contributed by atoms with van der Waals surface area (Å²) in [4.78, 5) is -0.592. The maximum absolute atomic E-state index is 11.8. The average Bonchev–Trinajstić information content (AvgIpc) is 1.63. The van der Waals surface area contributed by atoms with E-state index >= 15 is 0 Å². The molecule has 0 atom stereocenters. The summed E-state index contributed by atoms with van der Waals surface area (Å²) in [5, 5.41) is 2.93. The van der Waals surface area contributed by atoms with E-state index in [1.54, 1.807) is 0 Å². The summed E-state index contributed by atoms with van der Waals surface area (Å²) in [6.45, 7) is -0.186. The summed E-state index contributed by atoms with van der Waals surface area (Å²) in [6, 6.07) is 0. The standard InChI is InChI=1S/C3H4BrF2N3/c4-3(5,6)1-2-8-9-7/h1-2H2. The molecule has 0 aliphatic carbocycles. The summed E-state index contributed by atoms with van der Waals surface area (Å²) in [6.07, 6.45) is -0.461. The summed E-state index contributed by atoms with van der Waals surface area (Å²) in [5.74, 6) is 0. The van der Waals surface area contributed by atoms with Crippen LogP contribution in [0.4, 0.5) is 8.78 Å². The van der Waals surface area contributed by atoms with Gasteiger partial charge in [0.15, 0.2) is 0 Å². The molecule has 0 bridgehead atoms. The zero-order valence-corrected chi connectivity index (χ0v) is 5.98. The first-order chi connectivity index (χ1) is 4.06. The Morgan fingerprint density at radius 1 is 1.67 bits per heavy atom. The lowest BCUT2D eigenvalue weighted by atomic mass is 10.5. The van der Waals surface area contributed by atoms with Gasteiger partial charge in [0.2, 0.25) is 0 Å². The molecule has 6 heteroatoms. The summed E-state index contributed by atoms with van der Waals surface area (Å²) in [5.41, 5.74) is 7.66. The Morgan fingerprint density at radius 3 is 2.56 bits per heavy atom. The van der Waals surface area contributed by atoms with Gasteiger partial charge in [-0.3, -0.25) is 0 Å². The van der Waals surface area contributed by atoms with Gasteiger partial charge in [-0.05, 0) is 21.5 Å². The number of alkyl halides is 3. The van der Waals surface area contributed by atoms with E-state index in [0.29, 0.717) is 0 Å². The van der Waals surface area contributed by atoms with Crippen LogP contribution >= 0.6 is 15.9 Å². The van der Waals surface area contributed by atoms with Crippen LogP contribution in [0.1, 0.15) is 6.42 Å². The van der Waals surface area contributed by atoms with Crippen LogP contribution in [0, 0.1) is 0 Å². The molecule has 52 valence electrons. The second-order valence-electron chi connectivity index (χ2n) is 1.32. The highest BCUT2D eigenvalue weighted by Gasteiger charge is 2.21. The van der Waals surface area contributed by atoms with Crippen molar-refractivity contribution in [3.63, 3.8) is 0 Å². The second-order valence-corrected chi connectivity index (χ2v) is 2.48. The maximum Gasteiger partial charge on any atom is 0.301 e. The van der Waals surface area contributed by atoms with E-state index in [4.69, 9.17) is 5.53 Å². The average molecular weight is 200 g/mol. The van der Waals surface area contributed by atoms with Gasteiger partial charge >= 0.3 is 4.83 Å². The Hall–Kier alpha value is -0.350. The van der Waals surface area contributed by atoms with E-state index in [9.17, 15) is 8.78 Å². The van der Waals surface area contributed by atoms with E-state index in [-0.39, 0.29) is 6.54 Å². The topological polar surface area (TPSA) is 48.8 Å². The largest absolute Gasteiger partial charge is 0.301 e. The molecule has 0 rings (SSSR count). The monoisotopic (exact) mass is 199 g/mol. The third-order valence-corrected chi connectivity index (χ3v) is 0.955. The van der Waals surface area contributed by atoms with Crippen LogP contribution in [0.15, 0.2) is 5.11 Å². The summed E-state index contributed by atoms with van der Waals surface area (Å²) < 4.78 is 23.6. The van der Waals surface area contributed by atoms with Crippen LogP contribution in [0.5, 0.6) is 0 Å². The van der Waals surface area contributed by atoms with Gasteiger partial charge in [0, 0.05) is 17.9 Å². The van der Waals surface area contributed by atoms with Crippen LogP contribution in [-0.2, 0) is 0 Å². The molecule has 0 N–H and O–H groups in total. The lowest BCUT2D eigenvalue weighted by Crippen LogP contribution is -2.05. The van der Waals surface area contributed by atoms with Crippen molar-refractivity contribution in [2.75, 3.05) is 6.54 Å². The van der Waals surface area contributed by atoms with Gasteiger partial charge in [-0.15, -0.1) is 0 Å². The minimum absolute atomic E-state index is 0.186. The molecular weight excluding hydrogens is 196 g/mol. The van der Waals surface area contributed by atoms with Gasteiger partial charge in [0.05, 0.1) is 0 Å². The highest BCUT2D eigenvalue weighted by molar-refractivity contribution is 9.09. The number of halogens is 3. The molecule has 0 aromatic rings. The molecule has 0 saturated carbocycles. The molecule has 0 unspecified atom stereocenters. The Kier molecular flexibility index (Phi) is 3.49. The van der Waals surface area contributed by atoms with Gasteiger partial charge in [-0.1, -0.05) is 5.11 Å². The molecule has 0 saturated heterocycles. The summed E-state index contributed by atoms with van der Waals surface area (Å²) >= 11 is 2.09. The Morgan fingerprint density at radius 2 is 2.22 bits per heavy atom. The molecule has 0 fully saturated rings. The van der Waals surface area contributed by atoms with E-state index < -0.39 is 11.3 Å².